The summed E-state index contributed by atoms with van der Waals surface area (Å²) in [6, 6.07) is 0. The van der Waals surface area contributed by atoms with E-state index in [0.717, 1.165) is 6.42 Å². The molecule has 0 radical (unpaired) electrons. The molecule has 0 N–H and O–H groups in total. The van der Waals surface area contributed by atoms with Crippen LogP contribution in [0.15, 0.2) is 11.6 Å². The molecule has 0 unspecified atom stereocenters. The largest absolute Gasteiger partial charge is 0.458 e. The summed E-state index contributed by atoms with van der Waals surface area (Å²) in [6.07, 6.45) is 9.60. The standard InChI is InChI=1S/C13H20O2/c1-10(14)15-12-6-8-13(2)7-4-3-5-11(13)9-12/h9,12H,3-8H2,1-2H3/t12-,13-/m0/s1. The molecule has 2 aliphatic carbocycles. The maximum atomic E-state index is 10.9. The number of rotatable bonds is 1. The van der Waals surface area contributed by atoms with E-state index in [1.165, 1.54) is 44.6 Å². The van der Waals surface area contributed by atoms with Gasteiger partial charge in [-0.05, 0) is 43.6 Å². The Morgan fingerprint density at radius 3 is 3.00 bits per heavy atom. The second-order valence-corrected chi connectivity index (χ2v) is 5.15. The van der Waals surface area contributed by atoms with Gasteiger partial charge in [-0.3, -0.25) is 4.79 Å². The lowest BCUT2D eigenvalue weighted by atomic mass is 9.66. The number of hydrogen-bond donors (Lipinski definition) is 0. The van der Waals surface area contributed by atoms with Gasteiger partial charge in [-0.2, -0.15) is 0 Å². The number of allylic oxidation sites excluding steroid dienone is 1. The molecule has 0 aromatic carbocycles. The van der Waals surface area contributed by atoms with Gasteiger partial charge in [0.25, 0.3) is 0 Å². The van der Waals surface area contributed by atoms with Crippen LogP contribution < -0.4 is 0 Å². The van der Waals surface area contributed by atoms with Crippen molar-refractivity contribution >= 4 is 5.97 Å². The Morgan fingerprint density at radius 1 is 1.47 bits per heavy atom. The van der Waals surface area contributed by atoms with Crippen molar-refractivity contribution in [3.8, 4) is 0 Å². The van der Waals surface area contributed by atoms with Gasteiger partial charge in [-0.25, -0.2) is 0 Å². The lowest BCUT2D eigenvalue weighted by Gasteiger charge is -2.41. The zero-order valence-electron chi connectivity index (χ0n) is 9.71. The van der Waals surface area contributed by atoms with Crippen molar-refractivity contribution in [2.24, 2.45) is 5.41 Å². The van der Waals surface area contributed by atoms with Crippen LogP contribution in [-0.4, -0.2) is 12.1 Å². The number of hydrogen-bond acceptors (Lipinski definition) is 2. The van der Waals surface area contributed by atoms with Crippen LogP contribution >= 0.6 is 0 Å². The van der Waals surface area contributed by atoms with E-state index >= 15 is 0 Å². The van der Waals surface area contributed by atoms with E-state index in [2.05, 4.69) is 13.0 Å². The van der Waals surface area contributed by atoms with Crippen LogP contribution in [-0.2, 0) is 9.53 Å². The molecule has 0 heterocycles. The number of carbonyl (C=O) groups is 1. The summed E-state index contributed by atoms with van der Waals surface area (Å²) in [7, 11) is 0. The van der Waals surface area contributed by atoms with Gasteiger partial charge in [-0.1, -0.05) is 18.9 Å². The van der Waals surface area contributed by atoms with Crippen molar-refractivity contribution in [1.82, 2.24) is 0 Å². The van der Waals surface area contributed by atoms with E-state index in [-0.39, 0.29) is 12.1 Å². The fraction of sp³-hybridized carbons (Fsp3) is 0.769. The summed E-state index contributed by atoms with van der Waals surface area (Å²) in [5, 5.41) is 0. The molecule has 0 aromatic heterocycles. The van der Waals surface area contributed by atoms with Crippen LogP contribution in [0.5, 0.6) is 0 Å². The van der Waals surface area contributed by atoms with E-state index in [1.807, 2.05) is 0 Å². The molecular weight excluding hydrogens is 188 g/mol. The minimum Gasteiger partial charge on any atom is -0.458 e. The van der Waals surface area contributed by atoms with Crippen molar-refractivity contribution in [2.75, 3.05) is 0 Å². The van der Waals surface area contributed by atoms with Gasteiger partial charge in [-0.15, -0.1) is 0 Å². The quantitative estimate of drug-likeness (QED) is 0.488. The number of ether oxygens (including phenoxy) is 1. The molecule has 15 heavy (non-hydrogen) atoms. The molecule has 0 bridgehead atoms. The zero-order valence-corrected chi connectivity index (χ0v) is 9.71. The van der Waals surface area contributed by atoms with Crippen molar-refractivity contribution in [2.45, 2.75) is 58.5 Å². The van der Waals surface area contributed by atoms with Crippen molar-refractivity contribution in [1.29, 1.82) is 0 Å². The number of esters is 1. The molecule has 84 valence electrons. The smallest absolute Gasteiger partial charge is 0.303 e. The molecule has 2 nitrogen and oxygen atoms in total. The van der Waals surface area contributed by atoms with Gasteiger partial charge in [0.1, 0.15) is 6.10 Å². The average Bonchev–Trinajstić information content (AvgIpc) is 2.17. The van der Waals surface area contributed by atoms with Crippen molar-refractivity contribution in [3.63, 3.8) is 0 Å². The van der Waals surface area contributed by atoms with Crippen LogP contribution in [0, 0.1) is 5.41 Å². The molecule has 0 amide bonds. The molecule has 1 fully saturated rings. The highest BCUT2D eigenvalue weighted by atomic mass is 16.5. The van der Waals surface area contributed by atoms with Gasteiger partial charge >= 0.3 is 5.97 Å². The Hall–Kier alpha value is -0.790. The van der Waals surface area contributed by atoms with Crippen LogP contribution in [0.1, 0.15) is 52.4 Å². The van der Waals surface area contributed by atoms with E-state index in [1.54, 1.807) is 0 Å². The first kappa shape index (κ1) is 10.7. The number of fused-ring (bicyclic) bond motifs is 1. The molecule has 2 rings (SSSR count). The molecule has 1 saturated carbocycles. The number of carbonyl (C=O) groups excluding carboxylic acids is 1. The van der Waals surface area contributed by atoms with E-state index in [4.69, 9.17) is 4.74 Å². The molecule has 0 saturated heterocycles. The monoisotopic (exact) mass is 208 g/mol. The van der Waals surface area contributed by atoms with Crippen LogP contribution in [0.2, 0.25) is 0 Å². The van der Waals surface area contributed by atoms with Crippen LogP contribution in [0.4, 0.5) is 0 Å². The van der Waals surface area contributed by atoms with Gasteiger partial charge in [0, 0.05) is 6.92 Å². The molecule has 0 aromatic rings. The third kappa shape index (κ3) is 2.24. The van der Waals surface area contributed by atoms with Crippen molar-refractivity contribution < 1.29 is 9.53 Å². The third-order valence-electron chi connectivity index (χ3n) is 3.88. The van der Waals surface area contributed by atoms with Crippen LogP contribution in [0.3, 0.4) is 0 Å². The Morgan fingerprint density at radius 2 is 2.27 bits per heavy atom. The van der Waals surface area contributed by atoms with E-state index < -0.39 is 0 Å². The summed E-state index contributed by atoms with van der Waals surface area (Å²) < 4.78 is 5.27. The summed E-state index contributed by atoms with van der Waals surface area (Å²) in [6.45, 7) is 3.86. The Kier molecular flexibility index (Phi) is 2.85. The molecule has 2 heteroatoms. The summed E-state index contributed by atoms with van der Waals surface area (Å²) in [5.41, 5.74) is 1.95. The van der Waals surface area contributed by atoms with E-state index in [9.17, 15) is 4.79 Å². The maximum absolute atomic E-state index is 10.9. The van der Waals surface area contributed by atoms with Gasteiger partial charge < -0.3 is 4.74 Å². The fourth-order valence-corrected chi connectivity index (χ4v) is 2.94. The van der Waals surface area contributed by atoms with E-state index in [0.29, 0.717) is 5.41 Å². The van der Waals surface area contributed by atoms with Gasteiger partial charge in [0.15, 0.2) is 0 Å². The Labute approximate surface area is 91.7 Å². The third-order valence-corrected chi connectivity index (χ3v) is 3.88. The second-order valence-electron chi connectivity index (χ2n) is 5.15. The highest BCUT2D eigenvalue weighted by molar-refractivity contribution is 5.66. The lowest BCUT2D eigenvalue weighted by Crippen LogP contribution is -2.31. The van der Waals surface area contributed by atoms with Crippen LogP contribution in [0.25, 0.3) is 0 Å². The summed E-state index contributed by atoms with van der Waals surface area (Å²) in [5.74, 6) is -0.156. The first-order valence-corrected chi connectivity index (χ1v) is 5.98. The molecule has 0 spiro atoms. The first-order valence-electron chi connectivity index (χ1n) is 5.98. The highest BCUT2D eigenvalue weighted by Crippen LogP contribution is 2.47. The Bertz CT molecular complexity index is 293. The molecular formula is C13H20O2. The molecule has 2 atom stereocenters. The predicted molar refractivity (Wildman–Crippen MR) is 59.4 cm³/mol. The average molecular weight is 208 g/mol. The fourth-order valence-electron chi connectivity index (χ4n) is 2.94. The van der Waals surface area contributed by atoms with Crippen molar-refractivity contribution in [3.05, 3.63) is 11.6 Å². The molecule has 2 aliphatic rings. The van der Waals surface area contributed by atoms with Gasteiger partial charge in [0.05, 0.1) is 0 Å². The maximum Gasteiger partial charge on any atom is 0.303 e. The summed E-state index contributed by atoms with van der Waals surface area (Å²) >= 11 is 0. The minimum absolute atomic E-state index is 0.0451. The normalized spacial score (nSPS) is 35.3. The Balaban J connectivity index is 2.11. The zero-order chi connectivity index (χ0) is 10.9. The SMILES string of the molecule is CC(=O)O[C@@H]1C=C2CCCC[C@@]2(C)CC1. The minimum atomic E-state index is -0.156. The highest BCUT2D eigenvalue weighted by Gasteiger charge is 2.35. The topological polar surface area (TPSA) is 26.3 Å². The van der Waals surface area contributed by atoms with Gasteiger partial charge in [0.2, 0.25) is 0 Å². The lowest BCUT2D eigenvalue weighted by molar-refractivity contribution is -0.145. The predicted octanol–water partition coefficient (Wildman–Crippen LogP) is 3.22. The summed E-state index contributed by atoms with van der Waals surface area (Å²) in [4.78, 5) is 10.9. The second kappa shape index (κ2) is 3.99. The first-order chi connectivity index (χ1) is 7.10. The molecule has 0 aliphatic heterocycles.